The van der Waals surface area contributed by atoms with Crippen LogP contribution < -0.4 is 10.2 Å². The molecule has 0 atom stereocenters. The number of esters is 1. The fourth-order valence-electron chi connectivity index (χ4n) is 3.14. The third-order valence-electron chi connectivity index (χ3n) is 4.71. The Morgan fingerprint density at radius 3 is 2.34 bits per heavy atom. The summed E-state index contributed by atoms with van der Waals surface area (Å²) in [4.78, 5) is 25.2. The van der Waals surface area contributed by atoms with Crippen LogP contribution >= 0.6 is 34.2 Å². The van der Waals surface area contributed by atoms with Gasteiger partial charge in [-0.25, -0.2) is 10.2 Å². The van der Waals surface area contributed by atoms with Crippen LogP contribution in [0.25, 0.3) is 10.8 Å². The van der Waals surface area contributed by atoms with Crippen molar-refractivity contribution in [3.8, 4) is 5.75 Å². The zero-order valence-corrected chi connectivity index (χ0v) is 19.5. The van der Waals surface area contributed by atoms with Crippen LogP contribution in [-0.4, -0.2) is 18.1 Å². The average Bonchev–Trinajstić information content (AvgIpc) is 2.80. The first-order chi connectivity index (χ1) is 15.5. The molecule has 4 aromatic carbocycles. The molecular weight excluding hydrogens is 539 g/mol. The Balaban J connectivity index is 1.65. The standard InChI is InChI=1S/C25H16ClIN2O3/c26-21-11-5-3-9-18(21)25(31)32-23-14-13-16-7-1-2-8-17(16)20(23)15-28-29-24(30)19-10-4-6-12-22(19)27/h1-15H,(H,29,30)/b28-15+. The van der Waals surface area contributed by atoms with Gasteiger partial charge in [-0.05, 0) is 63.7 Å². The van der Waals surface area contributed by atoms with E-state index < -0.39 is 5.97 Å². The Kier molecular flexibility index (Phi) is 6.82. The molecule has 0 aliphatic heterocycles. The molecule has 0 unspecified atom stereocenters. The van der Waals surface area contributed by atoms with E-state index in [-0.39, 0.29) is 11.5 Å². The minimum atomic E-state index is -0.580. The highest BCUT2D eigenvalue weighted by atomic mass is 127. The smallest absolute Gasteiger partial charge is 0.345 e. The summed E-state index contributed by atoms with van der Waals surface area (Å²) in [7, 11) is 0. The monoisotopic (exact) mass is 554 g/mol. The zero-order valence-electron chi connectivity index (χ0n) is 16.6. The number of amides is 1. The lowest BCUT2D eigenvalue weighted by atomic mass is 10.0. The van der Waals surface area contributed by atoms with Crippen LogP contribution in [0.5, 0.6) is 5.75 Å². The molecule has 7 heteroatoms. The highest BCUT2D eigenvalue weighted by molar-refractivity contribution is 14.1. The number of hydrogen-bond donors (Lipinski definition) is 1. The number of nitrogens with zero attached hydrogens (tertiary/aromatic N) is 1. The first-order valence-corrected chi connectivity index (χ1v) is 11.1. The molecule has 0 saturated heterocycles. The van der Waals surface area contributed by atoms with E-state index in [1.54, 1.807) is 42.5 Å². The quantitative estimate of drug-likeness (QED) is 0.107. The number of carbonyl (C=O) groups is 2. The van der Waals surface area contributed by atoms with E-state index in [0.717, 1.165) is 14.3 Å². The maximum absolute atomic E-state index is 12.7. The van der Waals surface area contributed by atoms with Crippen molar-refractivity contribution in [1.82, 2.24) is 5.43 Å². The average molecular weight is 555 g/mol. The van der Waals surface area contributed by atoms with Crippen LogP contribution in [0.4, 0.5) is 0 Å². The number of carbonyl (C=O) groups excluding carboxylic acids is 2. The van der Waals surface area contributed by atoms with Gasteiger partial charge in [0.15, 0.2) is 0 Å². The number of halogens is 2. The number of rotatable bonds is 5. The summed E-state index contributed by atoms with van der Waals surface area (Å²) in [6, 6.07) is 25.1. The highest BCUT2D eigenvalue weighted by Gasteiger charge is 2.16. The number of fused-ring (bicyclic) bond motifs is 1. The Morgan fingerprint density at radius 1 is 0.875 bits per heavy atom. The summed E-state index contributed by atoms with van der Waals surface area (Å²) >= 11 is 8.23. The van der Waals surface area contributed by atoms with E-state index >= 15 is 0 Å². The number of ether oxygens (including phenoxy) is 1. The molecule has 32 heavy (non-hydrogen) atoms. The van der Waals surface area contributed by atoms with Gasteiger partial charge in [-0.3, -0.25) is 4.79 Å². The van der Waals surface area contributed by atoms with Crippen LogP contribution in [0.15, 0.2) is 90.0 Å². The maximum Gasteiger partial charge on any atom is 0.345 e. The summed E-state index contributed by atoms with van der Waals surface area (Å²) in [5.74, 6) is -0.606. The van der Waals surface area contributed by atoms with Gasteiger partial charge in [-0.1, -0.05) is 66.2 Å². The first-order valence-electron chi connectivity index (χ1n) is 9.61. The lowest BCUT2D eigenvalue weighted by molar-refractivity contribution is 0.0734. The number of hydrogen-bond acceptors (Lipinski definition) is 4. The predicted molar refractivity (Wildman–Crippen MR) is 135 cm³/mol. The minimum absolute atomic E-state index is 0.261. The fourth-order valence-corrected chi connectivity index (χ4v) is 3.99. The molecule has 0 aromatic heterocycles. The van der Waals surface area contributed by atoms with Gasteiger partial charge < -0.3 is 4.74 Å². The molecule has 0 aliphatic carbocycles. The highest BCUT2D eigenvalue weighted by Crippen LogP contribution is 2.28. The number of nitrogens with one attached hydrogen (secondary N) is 1. The van der Waals surface area contributed by atoms with Crippen molar-refractivity contribution in [3.63, 3.8) is 0 Å². The predicted octanol–water partition coefficient (Wildman–Crippen LogP) is 6.08. The van der Waals surface area contributed by atoms with Gasteiger partial charge in [-0.2, -0.15) is 5.10 Å². The van der Waals surface area contributed by atoms with Crippen molar-refractivity contribution in [1.29, 1.82) is 0 Å². The summed E-state index contributed by atoms with van der Waals surface area (Å²) in [6.07, 6.45) is 1.48. The normalized spacial score (nSPS) is 10.9. The van der Waals surface area contributed by atoms with Crippen LogP contribution in [-0.2, 0) is 0 Å². The second-order valence-corrected chi connectivity index (χ2v) is 8.32. The molecule has 4 rings (SSSR count). The van der Waals surface area contributed by atoms with Crippen LogP contribution in [0.1, 0.15) is 26.3 Å². The molecule has 0 saturated carbocycles. The van der Waals surface area contributed by atoms with Gasteiger partial charge in [0.2, 0.25) is 0 Å². The molecule has 0 bridgehead atoms. The molecule has 0 aliphatic rings. The van der Waals surface area contributed by atoms with E-state index in [4.69, 9.17) is 16.3 Å². The van der Waals surface area contributed by atoms with Gasteiger partial charge in [0, 0.05) is 9.13 Å². The maximum atomic E-state index is 12.7. The van der Waals surface area contributed by atoms with Crippen molar-refractivity contribution >= 4 is 63.1 Å². The van der Waals surface area contributed by atoms with Crippen LogP contribution in [0, 0.1) is 3.57 Å². The molecule has 0 spiro atoms. The fraction of sp³-hybridized carbons (Fsp3) is 0. The van der Waals surface area contributed by atoms with Crippen molar-refractivity contribution in [2.45, 2.75) is 0 Å². The molecule has 4 aromatic rings. The lowest BCUT2D eigenvalue weighted by Crippen LogP contribution is -2.19. The van der Waals surface area contributed by atoms with Crippen LogP contribution in [0.2, 0.25) is 5.02 Å². The second-order valence-electron chi connectivity index (χ2n) is 6.75. The minimum Gasteiger partial charge on any atom is -0.422 e. The Hall–Kier alpha value is -3.23. The Bertz CT molecular complexity index is 1350. The summed E-state index contributed by atoms with van der Waals surface area (Å²) in [6.45, 7) is 0. The molecule has 0 heterocycles. The molecule has 158 valence electrons. The Morgan fingerprint density at radius 2 is 1.56 bits per heavy atom. The molecule has 0 fully saturated rings. The van der Waals surface area contributed by atoms with Gasteiger partial charge >= 0.3 is 5.97 Å². The number of hydrazone groups is 1. The van der Waals surface area contributed by atoms with E-state index in [1.165, 1.54) is 6.21 Å². The van der Waals surface area contributed by atoms with E-state index in [9.17, 15) is 9.59 Å². The van der Waals surface area contributed by atoms with E-state index in [2.05, 4.69) is 33.1 Å². The van der Waals surface area contributed by atoms with Gasteiger partial charge in [0.1, 0.15) is 5.75 Å². The topological polar surface area (TPSA) is 67.8 Å². The zero-order chi connectivity index (χ0) is 22.5. The summed E-state index contributed by atoms with van der Waals surface area (Å²) in [5, 5.41) is 6.19. The Labute approximate surface area is 203 Å². The van der Waals surface area contributed by atoms with Crippen molar-refractivity contribution in [2.24, 2.45) is 5.10 Å². The lowest BCUT2D eigenvalue weighted by Gasteiger charge is -2.11. The van der Waals surface area contributed by atoms with Gasteiger partial charge in [-0.15, -0.1) is 0 Å². The third kappa shape index (κ3) is 4.81. The second kappa shape index (κ2) is 9.93. The number of benzene rings is 4. The van der Waals surface area contributed by atoms with Gasteiger partial charge in [0.05, 0.1) is 22.4 Å². The summed E-state index contributed by atoms with van der Waals surface area (Å²) < 4.78 is 6.47. The molecule has 1 N–H and O–H groups in total. The molecular formula is C25H16ClIN2O3. The molecule has 5 nitrogen and oxygen atoms in total. The van der Waals surface area contributed by atoms with E-state index in [1.807, 2.05) is 42.5 Å². The summed E-state index contributed by atoms with van der Waals surface area (Å²) in [5.41, 5.74) is 3.88. The van der Waals surface area contributed by atoms with Crippen molar-refractivity contribution < 1.29 is 14.3 Å². The first kappa shape index (κ1) is 22.0. The SMILES string of the molecule is O=C(Oc1ccc2ccccc2c1/C=N/NC(=O)c1ccccc1I)c1ccccc1Cl. The largest absolute Gasteiger partial charge is 0.422 e. The van der Waals surface area contributed by atoms with Gasteiger partial charge in [0.25, 0.3) is 5.91 Å². The third-order valence-corrected chi connectivity index (χ3v) is 5.98. The van der Waals surface area contributed by atoms with Crippen LogP contribution in [0.3, 0.4) is 0 Å². The molecule has 0 radical (unpaired) electrons. The van der Waals surface area contributed by atoms with Crippen molar-refractivity contribution in [3.05, 3.63) is 110 Å². The van der Waals surface area contributed by atoms with E-state index in [0.29, 0.717) is 21.9 Å². The molecule has 1 amide bonds. The van der Waals surface area contributed by atoms with Crippen molar-refractivity contribution in [2.75, 3.05) is 0 Å².